The standard InChI is InChI=1S/C13H16O5S/c1-19(14,15)18-8-12(13-9-16-10-17-13)7-11-5-3-2-4-6-11/h2-6,9,12H,7-8,10H2,1H3. The van der Waals surface area contributed by atoms with Gasteiger partial charge in [-0.15, -0.1) is 0 Å². The zero-order valence-corrected chi connectivity index (χ0v) is 11.4. The van der Waals surface area contributed by atoms with Gasteiger partial charge >= 0.3 is 0 Å². The Morgan fingerprint density at radius 1 is 1.32 bits per heavy atom. The van der Waals surface area contributed by atoms with E-state index in [1.54, 1.807) is 0 Å². The van der Waals surface area contributed by atoms with Crippen LogP contribution in [0.2, 0.25) is 0 Å². The van der Waals surface area contributed by atoms with Gasteiger partial charge in [-0.1, -0.05) is 30.3 Å². The summed E-state index contributed by atoms with van der Waals surface area (Å²) in [6.07, 6.45) is 3.18. The molecule has 0 N–H and O–H groups in total. The monoisotopic (exact) mass is 284 g/mol. The van der Waals surface area contributed by atoms with Crippen molar-refractivity contribution in [1.29, 1.82) is 0 Å². The summed E-state index contributed by atoms with van der Waals surface area (Å²) in [4.78, 5) is 0. The highest BCUT2D eigenvalue weighted by molar-refractivity contribution is 7.85. The SMILES string of the molecule is CS(=O)(=O)OCC(Cc1ccccc1)C1=COCO1. The summed E-state index contributed by atoms with van der Waals surface area (Å²) >= 11 is 0. The molecule has 0 aromatic heterocycles. The van der Waals surface area contributed by atoms with Crippen molar-refractivity contribution in [2.24, 2.45) is 5.92 Å². The summed E-state index contributed by atoms with van der Waals surface area (Å²) in [5, 5.41) is 0. The molecule has 5 nitrogen and oxygen atoms in total. The van der Waals surface area contributed by atoms with Crippen LogP contribution >= 0.6 is 0 Å². The first-order chi connectivity index (χ1) is 9.04. The lowest BCUT2D eigenvalue weighted by Crippen LogP contribution is -2.18. The molecule has 1 aliphatic heterocycles. The van der Waals surface area contributed by atoms with Crippen LogP contribution in [0.25, 0.3) is 0 Å². The molecule has 0 spiro atoms. The van der Waals surface area contributed by atoms with E-state index in [-0.39, 0.29) is 19.3 Å². The van der Waals surface area contributed by atoms with Crippen LogP contribution in [-0.2, 0) is 30.2 Å². The Morgan fingerprint density at radius 3 is 2.63 bits per heavy atom. The number of hydrogen-bond acceptors (Lipinski definition) is 5. The molecule has 0 fully saturated rings. The Balaban J connectivity index is 2.06. The van der Waals surface area contributed by atoms with Gasteiger partial charge in [0, 0.05) is 5.92 Å². The van der Waals surface area contributed by atoms with Gasteiger partial charge in [-0.25, -0.2) is 0 Å². The van der Waals surface area contributed by atoms with Gasteiger partial charge in [0.15, 0.2) is 0 Å². The van der Waals surface area contributed by atoms with Crippen molar-refractivity contribution in [1.82, 2.24) is 0 Å². The second-order valence-corrected chi connectivity index (χ2v) is 5.97. The fourth-order valence-corrected chi connectivity index (χ4v) is 2.22. The van der Waals surface area contributed by atoms with E-state index < -0.39 is 10.1 Å². The highest BCUT2D eigenvalue weighted by Crippen LogP contribution is 2.22. The number of rotatable bonds is 6. The van der Waals surface area contributed by atoms with E-state index in [9.17, 15) is 8.42 Å². The molecule has 1 aromatic rings. The second kappa shape index (κ2) is 6.08. The summed E-state index contributed by atoms with van der Waals surface area (Å²) in [6, 6.07) is 9.75. The van der Waals surface area contributed by atoms with Crippen molar-refractivity contribution in [2.75, 3.05) is 19.7 Å². The van der Waals surface area contributed by atoms with Gasteiger partial charge in [0.25, 0.3) is 10.1 Å². The van der Waals surface area contributed by atoms with Gasteiger partial charge in [0.1, 0.15) is 12.0 Å². The molecule has 0 aliphatic carbocycles. The molecule has 1 heterocycles. The molecule has 2 rings (SSSR count). The van der Waals surface area contributed by atoms with E-state index in [4.69, 9.17) is 13.7 Å². The zero-order chi connectivity index (χ0) is 13.7. The zero-order valence-electron chi connectivity index (χ0n) is 10.6. The molecule has 104 valence electrons. The minimum atomic E-state index is -3.46. The fraction of sp³-hybridized carbons (Fsp3) is 0.385. The molecular weight excluding hydrogens is 268 g/mol. The molecule has 0 saturated carbocycles. The number of hydrogen-bond donors (Lipinski definition) is 0. The number of ether oxygens (including phenoxy) is 2. The van der Waals surface area contributed by atoms with Gasteiger partial charge in [-0.2, -0.15) is 8.42 Å². The Bertz CT molecular complexity index is 535. The molecule has 0 radical (unpaired) electrons. The highest BCUT2D eigenvalue weighted by Gasteiger charge is 2.22. The van der Waals surface area contributed by atoms with Crippen LogP contribution in [0.3, 0.4) is 0 Å². The van der Waals surface area contributed by atoms with E-state index in [2.05, 4.69) is 0 Å². The predicted molar refractivity (Wildman–Crippen MR) is 69.6 cm³/mol. The van der Waals surface area contributed by atoms with E-state index in [1.165, 1.54) is 6.26 Å². The first kappa shape index (κ1) is 13.9. The maximum absolute atomic E-state index is 11.1. The van der Waals surface area contributed by atoms with Crippen LogP contribution in [-0.4, -0.2) is 28.1 Å². The molecule has 1 unspecified atom stereocenters. The minimum Gasteiger partial charge on any atom is -0.462 e. The van der Waals surface area contributed by atoms with Gasteiger partial charge < -0.3 is 9.47 Å². The third-order valence-electron chi connectivity index (χ3n) is 2.70. The van der Waals surface area contributed by atoms with Crippen LogP contribution < -0.4 is 0 Å². The van der Waals surface area contributed by atoms with Crippen LogP contribution in [0, 0.1) is 5.92 Å². The minimum absolute atomic E-state index is 0.0446. The maximum atomic E-state index is 11.1. The van der Waals surface area contributed by atoms with Crippen molar-refractivity contribution < 1.29 is 22.1 Å². The lowest BCUT2D eigenvalue weighted by atomic mass is 9.99. The summed E-state index contributed by atoms with van der Waals surface area (Å²) in [6.45, 7) is 0.211. The van der Waals surface area contributed by atoms with E-state index in [1.807, 2.05) is 30.3 Å². The summed E-state index contributed by atoms with van der Waals surface area (Å²) < 4.78 is 37.4. The van der Waals surface area contributed by atoms with Gasteiger partial charge in [-0.3, -0.25) is 4.18 Å². The van der Waals surface area contributed by atoms with Gasteiger partial charge in [-0.05, 0) is 12.0 Å². The number of benzene rings is 1. The predicted octanol–water partition coefficient (Wildman–Crippen LogP) is 1.67. The third kappa shape index (κ3) is 4.57. The quantitative estimate of drug-likeness (QED) is 0.744. The largest absolute Gasteiger partial charge is 0.462 e. The smallest absolute Gasteiger partial charge is 0.264 e. The topological polar surface area (TPSA) is 61.8 Å². The molecular formula is C13H16O5S. The van der Waals surface area contributed by atoms with Crippen LogP contribution in [0.4, 0.5) is 0 Å². The van der Waals surface area contributed by atoms with E-state index >= 15 is 0 Å². The lowest BCUT2D eigenvalue weighted by Gasteiger charge is -2.16. The molecule has 0 amide bonds. The summed E-state index contributed by atoms with van der Waals surface area (Å²) in [7, 11) is -3.46. The molecule has 0 saturated heterocycles. The van der Waals surface area contributed by atoms with Crippen molar-refractivity contribution in [3.8, 4) is 0 Å². The average Bonchev–Trinajstić information content (AvgIpc) is 2.88. The maximum Gasteiger partial charge on any atom is 0.264 e. The molecule has 1 aliphatic rings. The molecule has 6 heteroatoms. The first-order valence-electron chi connectivity index (χ1n) is 5.87. The highest BCUT2D eigenvalue weighted by atomic mass is 32.2. The summed E-state index contributed by atoms with van der Waals surface area (Å²) in [5.41, 5.74) is 1.08. The summed E-state index contributed by atoms with van der Waals surface area (Å²) in [5.74, 6) is 0.437. The van der Waals surface area contributed by atoms with Crippen LogP contribution in [0.5, 0.6) is 0 Å². The lowest BCUT2D eigenvalue weighted by molar-refractivity contribution is 0.0657. The van der Waals surface area contributed by atoms with Crippen LogP contribution in [0.15, 0.2) is 42.4 Å². The normalized spacial score (nSPS) is 16.4. The molecule has 0 bridgehead atoms. The van der Waals surface area contributed by atoms with Crippen molar-refractivity contribution >= 4 is 10.1 Å². The van der Waals surface area contributed by atoms with Gasteiger partial charge in [0.2, 0.25) is 6.79 Å². The van der Waals surface area contributed by atoms with Crippen molar-refractivity contribution in [2.45, 2.75) is 6.42 Å². The first-order valence-corrected chi connectivity index (χ1v) is 7.69. The molecule has 19 heavy (non-hydrogen) atoms. The van der Waals surface area contributed by atoms with E-state index in [0.29, 0.717) is 12.2 Å². The van der Waals surface area contributed by atoms with Crippen LogP contribution in [0.1, 0.15) is 5.56 Å². The van der Waals surface area contributed by atoms with Crippen molar-refractivity contribution in [3.05, 3.63) is 47.9 Å². The third-order valence-corrected chi connectivity index (χ3v) is 3.27. The molecule has 1 atom stereocenters. The Labute approximate surface area is 112 Å². The second-order valence-electron chi connectivity index (χ2n) is 4.32. The average molecular weight is 284 g/mol. The Morgan fingerprint density at radius 2 is 2.05 bits per heavy atom. The Hall–Kier alpha value is -1.53. The Kier molecular flexibility index (Phi) is 4.44. The molecule has 1 aromatic carbocycles. The fourth-order valence-electron chi connectivity index (χ4n) is 1.81. The van der Waals surface area contributed by atoms with E-state index in [0.717, 1.165) is 11.8 Å². The van der Waals surface area contributed by atoms with Gasteiger partial charge in [0.05, 0.1) is 12.9 Å². The van der Waals surface area contributed by atoms with Crippen molar-refractivity contribution in [3.63, 3.8) is 0 Å².